The van der Waals surface area contributed by atoms with E-state index in [0.717, 1.165) is 29.3 Å². The molecule has 116 valence electrons. The number of benzene rings is 2. The summed E-state index contributed by atoms with van der Waals surface area (Å²) in [4.78, 5) is 11.6. The van der Waals surface area contributed by atoms with Gasteiger partial charge >= 0.3 is 6.03 Å². The number of carbonyl (C=O) groups is 1. The molecule has 0 fully saturated rings. The average Bonchev–Trinajstić information content (AvgIpc) is 2.51. The number of hydrogen-bond acceptors (Lipinski definition) is 2. The Morgan fingerprint density at radius 1 is 1.05 bits per heavy atom. The van der Waals surface area contributed by atoms with Gasteiger partial charge in [0.2, 0.25) is 0 Å². The Labute approximate surface area is 126 Å². The van der Waals surface area contributed by atoms with Crippen molar-refractivity contribution in [3.05, 3.63) is 65.2 Å². The predicted octanol–water partition coefficient (Wildman–Crippen LogP) is 2.82. The molecule has 0 spiro atoms. The van der Waals surface area contributed by atoms with Crippen molar-refractivity contribution in [3.63, 3.8) is 0 Å². The van der Waals surface area contributed by atoms with Crippen LogP contribution in [-0.2, 0) is 13.0 Å². The third-order valence-corrected chi connectivity index (χ3v) is 3.08. The van der Waals surface area contributed by atoms with Crippen LogP contribution in [0.1, 0.15) is 11.1 Å². The SMILES string of the molecule is O=C(NCCc1ccc(CO)cc1)Nc1cc(F)ccc1F. The second-order valence-electron chi connectivity index (χ2n) is 4.73. The Morgan fingerprint density at radius 3 is 2.41 bits per heavy atom. The van der Waals surface area contributed by atoms with Crippen molar-refractivity contribution in [3.8, 4) is 0 Å². The smallest absolute Gasteiger partial charge is 0.319 e. The molecule has 0 aliphatic carbocycles. The molecule has 0 unspecified atom stereocenters. The van der Waals surface area contributed by atoms with Crippen LogP contribution in [-0.4, -0.2) is 17.7 Å². The van der Waals surface area contributed by atoms with E-state index in [-0.39, 0.29) is 12.3 Å². The van der Waals surface area contributed by atoms with Crippen molar-refractivity contribution in [2.24, 2.45) is 0 Å². The zero-order valence-electron chi connectivity index (χ0n) is 11.8. The second-order valence-corrected chi connectivity index (χ2v) is 4.73. The molecule has 2 rings (SSSR count). The highest BCUT2D eigenvalue weighted by atomic mass is 19.1. The maximum atomic E-state index is 13.4. The molecule has 0 heterocycles. The van der Waals surface area contributed by atoms with Crippen LogP contribution >= 0.6 is 0 Å². The van der Waals surface area contributed by atoms with Gasteiger partial charge in [-0.15, -0.1) is 0 Å². The quantitative estimate of drug-likeness (QED) is 0.795. The number of carbonyl (C=O) groups excluding carboxylic acids is 1. The summed E-state index contributed by atoms with van der Waals surface area (Å²) in [5, 5.41) is 13.8. The number of anilines is 1. The zero-order chi connectivity index (χ0) is 15.9. The van der Waals surface area contributed by atoms with Gasteiger partial charge in [0, 0.05) is 12.6 Å². The normalized spacial score (nSPS) is 10.3. The molecule has 3 N–H and O–H groups in total. The maximum absolute atomic E-state index is 13.4. The summed E-state index contributed by atoms with van der Waals surface area (Å²) >= 11 is 0. The van der Waals surface area contributed by atoms with E-state index in [1.165, 1.54) is 0 Å². The highest BCUT2D eigenvalue weighted by molar-refractivity contribution is 5.89. The Balaban J connectivity index is 1.81. The fraction of sp³-hybridized carbons (Fsp3) is 0.188. The summed E-state index contributed by atoms with van der Waals surface area (Å²) in [7, 11) is 0. The largest absolute Gasteiger partial charge is 0.392 e. The fourth-order valence-electron chi connectivity index (χ4n) is 1.89. The first-order chi connectivity index (χ1) is 10.6. The fourth-order valence-corrected chi connectivity index (χ4v) is 1.89. The molecule has 0 aliphatic heterocycles. The molecule has 0 saturated carbocycles. The van der Waals surface area contributed by atoms with Gasteiger partial charge in [-0.05, 0) is 29.7 Å². The number of aliphatic hydroxyl groups excluding tert-OH is 1. The van der Waals surface area contributed by atoms with Gasteiger partial charge in [0.15, 0.2) is 0 Å². The number of rotatable bonds is 5. The molecule has 0 atom stereocenters. The van der Waals surface area contributed by atoms with Gasteiger partial charge in [0.05, 0.1) is 12.3 Å². The standard InChI is InChI=1S/C16H16F2N2O2/c17-13-5-6-14(18)15(9-13)20-16(22)19-8-7-11-1-3-12(10-21)4-2-11/h1-6,9,21H,7-8,10H2,(H2,19,20,22). The van der Waals surface area contributed by atoms with Crippen LogP contribution < -0.4 is 10.6 Å². The van der Waals surface area contributed by atoms with Gasteiger partial charge < -0.3 is 15.7 Å². The highest BCUT2D eigenvalue weighted by Crippen LogP contribution is 2.14. The Morgan fingerprint density at radius 2 is 1.73 bits per heavy atom. The third kappa shape index (κ3) is 4.53. The van der Waals surface area contributed by atoms with Gasteiger partial charge in [-0.2, -0.15) is 0 Å². The summed E-state index contributed by atoms with van der Waals surface area (Å²) in [5.41, 5.74) is 1.61. The maximum Gasteiger partial charge on any atom is 0.319 e. The van der Waals surface area contributed by atoms with Crippen LogP contribution in [0.2, 0.25) is 0 Å². The first kappa shape index (κ1) is 15.9. The van der Waals surface area contributed by atoms with Crippen molar-refractivity contribution < 1.29 is 18.7 Å². The highest BCUT2D eigenvalue weighted by Gasteiger charge is 2.07. The molecular formula is C16H16F2N2O2. The molecule has 0 radical (unpaired) electrons. The van der Waals surface area contributed by atoms with Crippen LogP contribution in [0.5, 0.6) is 0 Å². The van der Waals surface area contributed by atoms with E-state index in [1.54, 1.807) is 12.1 Å². The molecule has 0 aliphatic rings. The first-order valence-electron chi connectivity index (χ1n) is 6.77. The van der Waals surface area contributed by atoms with Crippen LogP contribution in [0.4, 0.5) is 19.3 Å². The van der Waals surface area contributed by atoms with Gasteiger partial charge in [0.1, 0.15) is 11.6 Å². The molecule has 0 saturated heterocycles. The van der Waals surface area contributed by atoms with Crippen molar-refractivity contribution in [1.29, 1.82) is 0 Å². The summed E-state index contributed by atoms with van der Waals surface area (Å²) in [6.07, 6.45) is 0.588. The predicted molar refractivity (Wildman–Crippen MR) is 79.4 cm³/mol. The number of urea groups is 1. The van der Waals surface area contributed by atoms with Crippen LogP contribution in [0.25, 0.3) is 0 Å². The monoisotopic (exact) mass is 306 g/mol. The molecule has 0 aromatic heterocycles. The molecule has 0 bridgehead atoms. The summed E-state index contributed by atoms with van der Waals surface area (Å²) in [6, 6.07) is 9.57. The van der Waals surface area contributed by atoms with E-state index in [1.807, 2.05) is 12.1 Å². The molecule has 4 nitrogen and oxygen atoms in total. The van der Waals surface area contributed by atoms with Crippen molar-refractivity contribution in [2.75, 3.05) is 11.9 Å². The van der Waals surface area contributed by atoms with Gasteiger partial charge in [-0.3, -0.25) is 0 Å². The summed E-state index contributed by atoms with van der Waals surface area (Å²) < 4.78 is 26.3. The minimum absolute atomic E-state index is 0.0138. The number of aliphatic hydroxyl groups is 1. The minimum atomic E-state index is -0.698. The molecule has 2 aromatic rings. The lowest BCUT2D eigenvalue weighted by molar-refractivity contribution is 0.252. The van der Waals surface area contributed by atoms with Crippen LogP contribution in [0.3, 0.4) is 0 Å². The van der Waals surface area contributed by atoms with Crippen molar-refractivity contribution in [1.82, 2.24) is 5.32 Å². The first-order valence-corrected chi connectivity index (χ1v) is 6.77. The molecule has 6 heteroatoms. The van der Waals surface area contributed by atoms with E-state index in [4.69, 9.17) is 5.11 Å². The van der Waals surface area contributed by atoms with E-state index in [9.17, 15) is 13.6 Å². The van der Waals surface area contributed by atoms with E-state index < -0.39 is 17.7 Å². The molecule has 2 aromatic carbocycles. The molecular weight excluding hydrogens is 290 g/mol. The summed E-state index contributed by atoms with van der Waals surface area (Å²) in [5.74, 6) is -1.32. The Hall–Kier alpha value is -2.47. The summed E-state index contributed by atoms with van der Waals surface area (Å²) in [6.45, 7) is 0.335. The molecule has 22 heavy (non-hydrogen) atoms. The number of amides is 2. The van der Waals surface area contributed by atoms with E-state index >= 15 is 0 Å². The van der Waals surface area contributed by atoms with Crippen LogP contribution in [0, 0.1) is 11.6 Å². The van der Waals surface area contributed by atoms with Crippen LogP contribution in [0.15, 0.2) is 42.5 Å². The van der Waals surface area contributed by atoms with Gasteiger partial charge in [0.25, 0.3) is 0 Å². The molecule has 2 amide bonds. The van der Waals surface area contributed by atoms with Crippen molar-refractivity contribution >= 4 is 11.7 Å². The lowest BCUT2D eigenvalue weighted by Crippen LogP contribution is -2.30. The van der Waals surface area contributed by atoms with E-state index in [0.29, 0.717) is 13.0 Å². The third-order valence-electron chi connectivity index (χ3n) is 3.08. The number of hydrogen-bond donors (Lipinski definition) is 3. The van der Waals surface area contributed by atoms with Crippen molar-refractivity contribution in [2.45, 2.75) is 13.0 Å². The average molecular weight is 306 g/mol. The Bertz CT molecular complexity index is 645. The topological polar surface area (TPSA) is 61.4 Å². The lowest BCUT2D eigenvalue weighted by atomic mass is 10.1. The number of nitrogens with one attached hydrogen (secondary N) is 2. The zero-order valence-corrected chi connectivity index (χ0v) is 11.8. The minimum Gasteiger partial charge on any atom is -0.392 e. The second kappa shape index (κ2) is 7.51. The number of halogens is 2. The lowest BCUT2D eigenvalue weighted by Gasteiger charge is -2.09. The van der Waals surface area contributed by atoms with E-state index in [2.05, 4.69) is 10.6 Å². The van der Waals surface area contributed by atoms with Gasteiger partial charge in [-0.1, -0.05) is 24.3 Å². The Kier molecular flexibility index (Phi) is 5.43. The van der Waals surface area contributed by atoms with Gasteiger partial charge in [-0.25, -0.2) is 13.6 Å².